The molecule has 2 N–H and O–H groups in total. The smallest absolute Gasteiger partial charge is 0.323 e. The lowest BCUT2D eigenvalue weighted by Crippen LogP contribution is -2.33. The molecule has 0 aliphatic heterocycles. The summed E-state index contributed by atoms with van der Waals surface area (Å²) in [5.41, 5.74) is 6.63. The molecule has 0 saturated carbocycles. The fourth-order valence-electron chi connectivity index (χ4n) is 1.92. The van der Waals surface area contributed by atoms with Gasteiger partial charge in [0.1, 0.15) is 29.9 Å². The zero-order valence-electron chi connectivity index (χ0n) is 12.5. The van der Waals surface area contributed by atoms with Gasteiger partial charge in [-0.05, 0) is 42.8 Å². The Hall–Kier alpha value is -1.98. The molecule has 2 aromatic rings. The van der Waals surface area contributed by atoms with Gasteiger partial charge in [-0.25, -0.2) is 0 Å². The Morgan fingerprint density at radius 3 is 2.73 bits per heavy atom. The molecule has 1 aromatic heterocycles. The first kappa shape index (κ1) is 16.4. The van der Waals surface area contributed by atoms with Crippen molar-refractivity contribution in [3.8, 4) is 5.75 Å². The lowest BCUT2D eigenvalue weighted by molar-refractivity contribution is -0.142. The minimum Gasteiger partial charge on any atom is -0.486 e. The van der Waals surface area contributed by atoms with E-state index >= 15 is 0 Å². The zero-order valence-corrected chi connectivity index (χ0v) is 13.2. The number of ether oxygens (including phenoxy) is 2. The van der Waals surface area contributed by atoms with Crippen LogP contribution in [0.5, 0.6) is 5.75 Å². The summed E-state index contributed by atoms with van der Waals surface area (Å²) < 4.78 is 15.8. The number of furan rings is 1. The first-order chi connectivity index (χ1) is 10.5. The Bertz CT molecular complexity index is 653. The van der Waals surface area contributed by atoms with Crippen LogP contribution in [-0.4, -0.2) is 19.1 Å². The number of carbonyl (C=O) groups excluding carboxylic acids is 1. The maximum Gasteiger partial charge on any atom is 0.323 e. The van der Waals surface area contributed by atoms with Crippen molar-refractivity contribution in [1.82, 2.24) is 0 Å². The van der Waals surface area contributed by atoms with Crippen LogP contribution in [0.1, 0.15) is 17.1 Å². The first-order valence-electron chi connectivity index (χ1n) is 6.79. The Labute approximate surface area is 134 Å². The number of halogens is 1. The van der Waals surface area contributed by atoms with Crippen LogP contribution in [0.2, 0.25) is 5.02 Å². The average Bonchev–Trinajstić information content (AvgIpc) is 2.95. The Morgan fingerprint density at radius 1 is 1.32 bits per heavy atom. The van der Waals surface area contributed by atoms with Crippen LogP contribution in [0.3, 0.4) is 0 Å². The predicted octanol–water partition coefficient (Wildman–Crippen LogP) is 2.86. The Balaban J connectivity index is 1.91. The number of methoxy groups -OCH3 is 1. The summed E-state index contributed by atoms with van der Waals surface area (Å²) >= 11 is 5.96. The van der Waals surface area contributed by atoms with E-state index in [9.17, 15) is 4.79 Å². The summed E-state index contributed by atoms with van der Waals surface area (Å²) in [6.45, 7) is 2.20. The molecule has 22 heavy (non-hydrogen) atoms. The lowest BCUT2D eigenvalue weighted by Gasteiger charge is -2.07. The maximum absolute atomic E-state index is 11.3. The topological polar surface area (TPSA) is 74.7 Å². The molecule has 0 bridgehead atoms. The fourth-order valence-corrected chi connectivity index (χ4v) is 2.04. The molecule has 0 spiro atoms. The fraction of sp³-hybridized carbons (Fsp3) is 0.312. The molecule has 118 valence electrons. The molecule has 1 heterocycles. The van der Waals surface area contributed by atoms with Crippen molar-refractivity contribution >= 4 is 17.6 Å². The average molecular weight is 324 g/mol. The molecule has 0 fully saturated rings. The summed E-state index contributed by atoms with van der Waals surface area (Å²) in [4.78, 5) is 11.3. The van der Waals surface area contributed by atoms with Gasteiger partial charge in [-0.15, -0.1) is 0 Å². The summed E-state index contributed by atoms with van der Waals surface area (Å²) in [6, 6.07) is 8.28. The van der Waals surface area contributed by atoms with E-state index < -0.39 is 12.0 Å². The maximum atomic E-state index is 11.3. The molecule has 0 aliphatic carbocycles. The highest BCUT2D eigenvalue weighted by Crippen LogP contribution is 2.22. The Morgan fingerprint density at radius 2 is 2.05 bits per heavy atom. The molecule has 1 atom stereocenters. The van der Waals surface area contributed by atoms with Gasteiger partial charge in [0, 0.05) is 11.4 Å². The number of benzene rings is 1. The molecule has 2 rings (SSSR count). The van der Waals surface area contributed by atoms with E-state index in [-0.39, 0.29) is 13.0 Å². The Kier molecular flexibility index (Phi) is 5.46. The second kappa shape index (κ2) is 7.33. The van der Waals surface area contributed by atoms with E-state index in [0.29, 0.717) is 22.3 Å². The number of nitrogens with two attached hydrogens (primary N) is 1. The third-order valence-corrected chi connectivity index (χ3v) is 3.58. The van der Waals surface area contributed by atoms with Gasteiger partial charge in [-0.2, -0.15) is 0 Å². The van der Waals surface area contributed by atoms with Crippen LogP contribution in [0.25, 0.3) is 0 Å². The van der Waals surface area contributed by atoms with Gasteiger partial charge in [0.25, 0.3) is 0 Å². The quantitative estimate of drug-likeness (QED) is 0.827. The number of aryl methyl sites for hydroxylation is 1. The van der Waals surface area contributed by atoms with Crippen LogP contribution in [0.15, 0.2) is 34.7 Å². The summed E-state index contributed by atoms with van der Waals surface area (Å²) in [5.74, 6) is 1.51. The molecular formula is C16H18ClNO4. The molecule has 6 heteroatoms. The van der Waals surface area contributed by atoms with Crippen molar-refractivity contribution in [2.24, 2.45) is 5.73 Å². The summed E-state index contributed by atoms with van der Waals surface area (Å²) in [5, 5.41) is 0.699. The molecule has 1 aromatic carbocycles. The standard InChI is InChI=1S/C16H18ClNO4/c1-10-7-11(5-6-14(10)17)21-9-13-4-3-12(22-13)8-15(18)16(19)20-2/h3-7,15H,8-9,18H2,1-2H3. The highest BCUT2D eigenvalue weighted by molar-refractivity contribution is 6.31. The second-order valence-electron chi connectivity index (χ2n) is 4.90. The van der Waals surface area contributed by atoms with Crippen LogP contribution >= 0.6 is 11.6 Å². The van der Waals surface area contributed by atoms with Crippen molar-refractivity contribution in [3.63, 3.8) is 0 Å². The van der Waals surface area contributed by atoms with E-state index in [1.54, 1.807) is 24.3 Å². The minimum absolute atomic E-state index is 0.284. The highest BCUT2D eigenvalue weighted by atomic mass is 35.5. The molecule has 0 radical (unpaired) electrons. The molecule has 1 unspecified atom stereocenters. The van der Waals surface area contributed by atoms with E-state index in [2.05, 4.69) is 4.74 Å². The number of carbonyl (C=O) groups is 1. The van der Waals surface area contributed by atoms with Gasteiger partial charge in [-0.1, -0.05) is 11.6 Å². The number of rotatable bonds is 6. The van der Waals surface area contributed by atoms with E-state index in [4.69, 9.17) is 26.5 Å². The van der Waals surface area contributed by atoms with Gasteiger partial charge in [0.2, 0.25) is 0 Å². The van der Waals surface area contributed by atoms with Crippen LogP contribution in [0, 0.1) is 6.92 Å². The van der Waals surface area contributed by atoms with Crippen molar-refractivity contribution < 1.29 is 18.7 Å². The highest BCUT2D eigenvalue weighted by Gasteiger charge is 2.16. The van der Waals surface area contributed by atoms with Crippen LogP contribution < -0.4 is 10.5 Å². The van der Waals surface area contributed by atoms with Crippen molar-refractivity contribution in [2.75, 3.05) is 7.11 Å². The van der Waals surface area contributed by atoms with Gasteiger partial charge in [0.15, 0.2) is 0 Å². The SMILES string of the molecule is COC(=O)C(N)Cc1ccc(COc2ccc(Cl)c(C)c2)o1. The van der Waals surface area contributed by atoms with E-state index in [0.717, 1.165) is 5.56 Å². The monoisotopic (exact) mass is 323 g/mol. The van der Waals surface area contributed by atoms with Crippen LogP contribution in [0.4, 0.5) is 0 Å². The molecule has 5 nitrogen and oxygen atoms in total. The van der Waals surface area contributed by atoms with Crippen molar-refractivity contribution in [2.45, 2.75) is 26.0 Å². The van der Waals surface area contributed by atoms with Gasteiger partial charge in [-0.3, -0.25) is 4.79 Å². The second-order valence-corrected chi connectivity index (χ2v) is 5.31. The van der Waals surface area contributed by atoms with Gasteiger partial charge < -0.3 is 19.6 Å². The molecule has 0 saturated heterocycles. The van der Waals surface area contributed by atoms with E-state index in [1.165, 1.54) is 7.11 Å². The molecule has 0 amide bonds. The largest absolute Gasteiger partial charge is 0.486 e. The predicted molar refractivity (Wildman–Crippen MR) is 82.9 cm³/mol. The summed E-state index contributed by atoms with van der Waals surface area (Å²) in [7, 11) is 1.30. The molecule has 0 aliphatic rings. The van der Waals surface area contributed by atoms with Crippen LogP contribution in [-0.2, 0) is 22.6 Å². The van der Waals surface area contributed by atoms with E-state index in [1.807, 2.05) is 13.0 Å². The van der Waals surface area contributed by atoms with Crippen molar-refractivity contribution in [1.29, 1.82) is 0 Å². The first-order valence-corrected chi connectivity index (χ1v) is 7.17. The third kappa shape index (κ3) is 4.26. The summed E-state index contributed by atoms with van der Waals surface area (Å²) in [6.07, 6.45) is 0.284. The lowest BCUT2D eigenvalue weighted by atomic mass is 10.2. The normalized spacial score (nSPS) is 12.0. The van der Waals surface area contributed by atoms with Gasteiger partial charge >= 0.3 is 5.97 Å². The third-order valence-electron chi connectivity index (χ3n) is 3.15. The minimum atomic E-state index is -0.733. The zero-order chi connectivity index (χ0) is 16.1. The molecular weight excluding hydrogens is 306 g/mol. The van der Waals surface area contributed by atoms with Gasteiger partial charge in [0.05, 0.1) is 7.11 Å². The van der Waals surface area contributed by atoms with Crippen molar-refractivity contribution in [3.05, 3.63) is 52.4 Å². The number of esters is 1. The number of hydrogen-bond acceptors (Lipinski definition) is 5. The number of hydrogen-bond donors (Lipinski definition) is 1.